The Morgan fingerprint density at radius 3 is 2.63 bits per heavy atom. The van der Waals surface area contributed by atoms with Crippen LogP contribution < -0.4 is 14.8 Å². The normalized spacial score (nSPS) is 15.7. The number of rotatable bonds is 6. The molecule has 1 aromatic heterocycles. The summed E-state index contributed by atoms with van der Waals surface area (Å²) in [6.45, 7) is 3.83. The number of imide groups is 1. The standard InChI is InChI=1S/C26H21N3O8S/c1-14-9-16(10-19(15(14)2)29(33)34)20-6-4-18(37-20)12-23-25(31)28(26(32)38-23)13-24(30)27-17-3-5-21-22(11-17)36-8-7-35-21/h3-6,9-12H,7-8,13H2,1-2H3,(H,27,30)/b23-12+. The topological polar surface area (TPSA) is 141 Å². The number of nitro groups is 1. The monoisotopic (exact) mass is 535 g/mol. The van der Waals surface area contributed by atoms with E-state index in [-0.39, 0.29) is 16.4 Å². The van der Waals surface area contributed by atoms with Crippen LogP contribution in [0.15, 0.2) is 51.8 Å². The third kappa shape index (κ3) is 4.98. The molecule has 2 aromatic carbocycles. The second-order valence-electron chi connectivity index (χ2n) is 8.57. The number of nitrogens with zero attached hydrogens (tertiary/aromatic N) is 2. The maximum atomic E-state index is 12.9. The summed E-state index contributed by atoms with van der Waals surface area (Å²) in [6, 6.07) is 11.3. The number of anilines is 1. The van der Waals surface area contributed by atoms with E-state index in [2.05, 4.69) is 5.32 Å². The van der Waals surface area contributed by atoms with Crippen molar-refractivity contribution in [1.29, 1.82) is 0 Å². The number of nitrogens with one attached hydrogen (secondary N) is 1. The lowest BCUT2D eigenvalue weighted by Gasteiger charge is -2.19. The van der Waals surface area contributed by atoms with Gasteiger partial charge in [0.15, 0.2) is 11.5 Å². The highest BCUT2D eigenvalue weighted by Crippen LogP contribution is 2.35. The highest BCUT2D eigenvalue weighted by molar-refractivity contribution is 8.18. The van der Waals surface area contributed by atoms with Crippen LogP contribution in [0.4, 0.5) is 16.2 Å². The fraction of sp³-hybridized carbons (Fsp3) is 0.192. The van der Waals surface area contributed by atoms with Gasteiger partial charge in [-0.15, -0.1) is 0 Å². The summed E-state index contributed by atoms with van der Waals surface area (Å²) in [7, 11) is 0. The van der Waals surface area contributed by atoms with Gasteiger partial charge >= 0.3 is 0 Å². The van der Waals surface area contributed by atoms with Crippen LogP contribution in [0.1, 0.15) is 16.9 Å². The molecule has 0 atom stereocenters. The van der Waals surface area contributed by atoms with Crippen molar-refractivity contribution in [3.05, 3.63) is 74.4 Å². The second-order valence-corrected chi connectivity index (χ2v) is 9.56. The van der Waals surface area contributed by atoms with Crippen molar-refractivity contribution < 1.29 is 33.2 Å². The van der Waals surface area contributed by atoms with E-state index in [0.29, 0.717) is 59.0 Å². The third-order valence-electron chi connectivity index (χ3n) is 6.02. The molecular weight excluding hydrogens is 514 g/mol. The summed E-state index contributed by atoms with van der Waals surface area (Å²) in [4.78, 5) is 49.8. The van der Waals surface area contributed by atoms with Crippen LogP contribution in [-0.2, 0) is 9.59 Å². The van der Waals surface area contributed by atoms with E-state index in [1.165, 1.54) is 12.1 Å². The molecule has 2 aliphatic heterocycles. The molecule has 5 rings (SSSR count). The molecule has 0 unspecified atom stereocenters. The Hall–Kier alpha value is -4.58. The van der Waals surface area contributed by atoms with E-state index in [1.807, 2.05) is 0 Å². The van der Waals surface area contributed by atoms with Crippen molar-refractivity contribution in [2.75, 3.05) is 25.1 Å². The number of ether oxygens (including phenoxy) is 2. The first-order valence-electron chi connectivity index (χ1n) is 11.5. The van der Waals surface area contributed by atoms with Gasteiger partial charge in [0.05, 0.1) is 9.83 Å². The number of thioether (sulfide) groups is 1. The van der Waals surface area contributed by atoms with Gasteiger partial charge in [0.2, 0.25) is 5.91 Å². The lowest BCUT2D eigenvalue weighted by molar-refractivity contribution is -0.385. The van der Waals surface area contributed by atoms with E-state index in [1.54, 1.807) is 50.2 Å². The van der Waals surface area contributed by atoms with Crippen molar-refractivity contribution in [1.82, 2.24) is 4.90 Å². The van der Waals surface area contributed by atoms with E-state index < -0.39 is 28.5 Å². The number of furan rings is 1. The fourth-order valence-electron chi connectivity index (χ4n) is 3.99. The lowest BCUT2D eigenvalue weighted by Crippen LogP contribution is -2.36. The molecule has 0 aliphatic carbocycles. The van der Waals surface area contributed by atoms with Gasteiger partial charge in [-0.1, -0.05) is 0 Å². The number of benzene rings is 2. The molecule has 3 aromatic rings. The number of amides is 3. The van der Waals surface area contributed by atoms with Gasteiger partial charge in [-0.3, -0.25) is 29.4 Å². The van der Waals surface area contributed by atoms with Gasteiger partial charge in [0.25, 0.3) is 16.8 Å². The summed E-state index contributed by atoms with van der Waals surface area (Å²) in [5.41, 5.74) is 2.24. The molecule has 1 N–H and O–H groups in total. The third-order valence-corrected chi connectivity index (χ3v) is 6.93. The molecular formula is C26H21N3O8S. The zero-order valence-corrected chi connectivity index (χ0v) is 21.1. The Morgan fingerprint density at radius 2 is 1.87 bits per heavy atom. The number of carbonyl (C=O) groups excluding carboxylic acids is 3. The maximum absolute atomic E-state index is 12.9. The summed E-state index contributed by atoms with van der Waals surface area (Å²) >= 11 is 0.692. The number of aryl methyl sites for hydroxylation is 1. The summed E-state index contributed by atoms with van der Waals surface area (Å²) in [6.07, 6.45) is 1.41. The molecule has 0 radical (unpaired) electrons. The van der Waals surface area contributed by atoms with Crippen molar-refractivity contribution in [3.63, 3.8) is 0 Å². The van der Waals surface area contributed by atoms with Gasteiger partial charge in [0, 0.05) is 35.0 Å². The minimum absolute atomic E-state index is 0.0198. The van der Waals surface area contributed by atoms with Crippen molar-refractivity contribution in [2.24, 2.45) is 0 Å². The number of hydrogen-bond acceptors (Lipinski definition) is 9. The minimum Gasteiger partial charge on any atom is -0.486 e. The van der Waals surface area contributed by atoms with Crippen LogP contribution >= 0.6 is 11.8 Å². The summed E-state index contributed by atoms with van der Waals surface area (Å²) in [5, 5.41) is 13.4. The Balaban J connectivity index is 1.28. The van der Waals surface area contributed by atoms with Gasteiger partial charge in [-0.2, -0.15) is 0 Å². The molecule has 0 spiro atoms. The van der Waals surface area contributed by atoms with E-state index in [0.717, 1.165) is 10.5 Å². The fourth-order valence-corrected chi connectivity index (χ4v) is 4.81. The van der Waals surface area contributed by atoms with Gasteiger partial charge in [0.1, 0.15) is 31.3 Å². The van der Waals surface area contributed by atoms with Crippen LogP contribution in [-0.4, -0.2) is 46.6 Å². The van der Waals surface area contributed by atoms with Gasteiger partial charge in [-0.05, 0) is 61.5 Å². The highest BCUT2D eigenvalue weighted by atomic mass is 32.2. The predicted molar refractivity (Wildman–Crippen MR) is 139 cm³/mol. The zero-order chi connectivity index (χ0) is 27.0. The molecule has 12 heteroatoms. The van der Waals surface area contributed by atoms with Crippen LogP contribution in [0.3, 0.4) is 0 Å². The highest BCUT2D eigenvalue weighted by Gasteiger charge is 2.36. The van der Waals surface area contributed by atoms with Crippen LogP contribution in [0.25, 0.3) is 17.4 Å². The summed E-state index contributed by atoms with van der Waals surface area (Å²) in [5.74, 6) is 0.546. The Morgan fingerprint density at radius 1 is 1.11 bits per heavy atom. The molecule has 3 amide bonds. The molecule has 0 saturated carbocycles. The molecule has 2 aliphatic rings. The Kier molecular flexibility index (Phi) is 6.64. The molecule has 3 heterocycles. The minimum atomic E-state index is -0.628. The zero-order valence-electron chi connectivity index (χ0n) is 20.3. The Labute approximate surface area is 220 Å². The van der Waals surface area contributed by atoms with Crippen molar-refractivity contribution in [3.8, 4) is 22.8 Å². The molecule has 0 bridgehead atoms. The molecule has 1 saturated heterocycles. The van der Waals surface area contributed by atoms with Crippen LogP contribution in [0, 0.1) is 24.0 Å². The first-order chi connectivity index (χ1) is 18.2. The first kappa shape index (κ1) is 25.1. The van der Waals surface area contributed by atoms with Crippen molar-refractivity contribution in [2.45, 2.75) is 13.8 Å². The first-order valence-corrected chi connectivity index (χ1v) is 12.3. The van der Waals surface area contributed by atoms with E-state index >= 15 is 0 Å². The van der Waals surface area contributed by atoms with E-state index in [4.69, 9.17) is 13.9 Å². The van der Waals surface area contributed by atoms with Gasteiger partial charge < -0.3 is 19.2 Å². The SMILES string of the molecule is Cc1cc(-c2ccc(/C=C3/SC(=O)N(CC(=O)Nc4ccc5c(c4)OCCO5)C3=O)o2)cc([N+](=O)[O-])c1C. The molecule has 194 valence electrons. The van der Waals surface area contributed by atoms with E-state index in [9.17, 15) is 24.5 Å². The molecule has 11 nitrogen and oxygen atoms in total. The van der Waals surface area contributed by atoms with Crippen molar-refractivity contribution >= 4 is 46.3 Å². The largest absolute Gasteiger partial charge is 0.486 e. The van der Waals surface area contributed by atoms with Crippen LogP contribution in [0.5, 0.6) is 11.5 Å². The quantitative estimate of drug-likeness (QED) is 0.264. The maximum Gasteiger partial charge on any atom is 0.294 e. The number of hydrogen-bond donors (Lipinski definition) is 1. The average molecular weight is 536 g/mol. The van der Waals surface area contributed by atoms with Crippen LogP contribution in [0.2, 0.25) is 0 Å². The van der Waals surface area contributed by atoms with Gasteiger partial charge in [-0.25, -0.2) is 0 Å². The second kappa shape index (κ2) is 10.1. The number of nitro benzene ring substituents is 1. The average Bonchev–Trinajstić information content (AvgIpc) is 3.45. The number of carbonyl (C=O) groups is 3. The number of fused-ring (bicyclic) bond motifs is 1. The lowest BCUT2D eigenvalue weighted by atomic mass is 10.0. The summed E-state index contributed by atoms with van der Waals surface area (Å²) < 4.78 is 16.7. The smallest absolute Gasteiger partial charge is 0.294 e. The Bertz CT molecular complexity index is 1530. The predicted octanol–water partition coefficient (Wildman–Crippen LogP) is 4.92. The molecule has 38 heavy (non-hydrogen) atoms. The molecule has 1 fully saturated rings.